The van der Waals surface area contributed by atoms with Crippen LogP contribution in [0, 0.1) is 5.92 Å². The van der Waals surface area contributed by atoms with Crippen LogP contribution >= 0.6 is 23.5 Å². The van der Waals surface area contributed by atoms with Gasteiger partial charge in [0.05, 0.1) is 10.1 Å². The van der Waals surface area contributed by atoms with Crippen LogP contribution in [-0.4, -0.2) is 22.6 Å². The largest absolute Gasteiger partial charge is 0.478 e. The van der Waals surface area contributed by atoms with Gasteiger partial charge in [-0.1, -0.05) is 70.4 Å². The fraction of sp³-hybridized carbons (Fsp3) is 0.708. The van der Waals surface area contributed by atoms with Gasteiger partial charge < -0.3 is 5.11 Å². The number of rotatable bonds is 9. The number of carboxylic acids is 1. The molecule has 0 bridgehead atoms. The first-order valence-electron chi connectivity index (χ1n) is 11.3. The van der Waals surface area contributed by atoms with Crippen molar-refractivity contribution in [3.05, 3.63) is 34.9 Å². The molecule has 4 heteroatoms. The fourth-order valence-electron chi connectivity index (χ4n) is 4.58. The first kappa shape index (κ1) is 22.1. The Labute approximate surface area is 179 Å². The fourth-order valence-corrected chi connectivity index (χ4v) is 7.82. The second kappa shape index (κ2) is 11.5. The molecule has 1 aromatic carbocycles. The van der Waals surface area contributed by atoms with E-state index in [1.165, 1.54) is 87.7 Å². The minimum Gasteiger partial charge on any atom is -0.478 e. The number of carbonyl (C=O) groups is 1. The third-order valence-electron chi connectivity index (χ3n) is 6.32. The smallest absolute Gasteiger partial charge is 0.336 e. The number of benzene rings is 1. The molecule has 1 saturated carbocycles. The highest BCUT2D eigenvalue weighted by atomic mass is 32.2. The van der Waals surface area contributed by atoms with Gasteiger partial charge in [0.25, 0.3) is 0 Å². The van der Waals surface area contributed by atoms with E-state index in [4.69, 9.17) is 0 Å². The van der Waals surface area contributed by atoms with Crippen LogP contribution in [0.25, 0.3) is 0 Å². The summed E-state index contributed by atoms with van der Waals surface area (Å²) in [5.41, 5.74) is 2.83. The van der Waals surface area contributed by atoms with Gasteiger partial charge in [0.15, 0.2) is 0 Å². The molecule has 2 nitrogen and oxygen atoms in total. The van der Waals surface area contributed by atoms with Gasteiger partial charge in [-0.25, -0.2) is 4.79 Å². The Hall–Kier alpha value is -0.610. The summed E-state index contributed by atoms with van der Waals surface area (Å²) in [5.74, 6) is 2.95. The van der Waals surface area contributed by atoms with Crippen LogP contribution in [0.3, 0.4) is 0 Å². The second-order valence-electron chi connectivity index (χ2n) is 8.55. The molecule has 0 spiro atoms. The van der Waals surface area contributed by atoms with E-state index in [9.17, 15) is 9.90 Å². The van der Waals surface area contributed by atoms with Crippen LogP contribution in [-0.2, 0) is 0 Å². The topological polar surface area (TPSA) is 37.3 Å². The zero-order valence-corrected chi connectivity index (χ0v) is 19.0. The lowest BCUT2D eigenvalue weighted by molar-refractivity contribution is 0.0696. The summed E-state index contributed by atoms with van der Waals surface area (Å²) in [6.07, 6.45) is 14.4. The lowest BCUT2D eigenvalue weighted by atomic mass is 9.83. The van der Waals surface area contributed by atoms with Gasteiger partial charge in [-0.05, 0) is 59.8 Å². The van der Waals surface area contributed by atoms with Gasteiger partial charge in [0.1, 0.15) is 0 Å². The predicted molar refractivity (Wildman–Crippen MR) is 124 cm³/mol. The van der Waals surface area contributed by atoms with Crippen molar-refractivity contribution in [2.45, 2.75) is 88.1 Å². The molecule has 1 N–H and O–H groups in total. The molecule has 28 heavy (non-hydrogen) atoms. The Balaban J connectivity index is 1.57. The third kappa shape index (κ3) is 6.19. The highest BCUT2D eigenvalue weighted by Gasteiger charge is 2.27. The maximum atomic E-state index is 12.0. The summed E-state index contributed by atoms with van der Waals surface area (Å²) in [6, 6.07) is 6.34. The van der Waals surface area contributed by atoms with E-state index in [0.717, 1.165) is 11.5 Å². The van der Waals surface area contributed by atoms with E-state index in [2.05, 4.69) is 19.1 Å². The van der Waals surface area contributed by atoms with Gasteiger partial charge in [-0.3, -0.25) is 0 Å². The van der Waals surface area contributed by atoms with E-state index in [0.29, 0.717) is 11.5 Å². The van der Waals surface area contributed by atoms with Crippen molar-refractivity contribution >= 4 is 29.5 Å². The Morgan fingerprint density at radius 1 is 1.04 bits per heavy atom. The highest BCUT2D eigenvalue weighted by molar-refractivity contribution is 8.16. The molecular formula is C24H36O2S2. The lowest BCUT2D eigenvalue weighted by Crippen LogP contribution is -2.16. The number of aromatic carboxylic acids is 1. The molecule has 1 saturated heterocycles. The number of carboxylic acid groups (broad SMARTS) is 1. The summed E-state index contributed by atoms with van der Waals surface area (Å²) in [5, 5.41) is 9.84. The first-order chi connectivity index (χ1) is 13.7. The third-order valence-corrected chi connectivity index (χ3v) is 9.58. The standard InChI is InChI=1S/C24H36O2S2/c1-2-3-4-5-7-10-18-16-27-24(28-17-18)21-14-13-20(15-22(21)23(25)26)19-11-8-6-9-12-19/h13-15,18-19,24H,2-12,16-17H2,1H3,(H,25,26). The molecule has 0 atom stereocenters. The molecule has 1 aliphatic heterocycles. The monoisotopic (exact) mass is 420 g/mol. The van der Waals surface area contributed by atoms with Gasteiger partial charge in [-0.15, -0.1) is 23.5 Å². The average molecular weight is 421 g/mol. The lowest BCUT2D eigenvalue weighted by Gasteiger charge is -2.29. The van der Waals surface area contributed by atoms with Crippen LogP contribution in [0.2, 0.25) is 0 Å². The minimum atomic E-state index is -0.757. The van der Waals surface area contributed by atoms with E-state index < -0.39 is 5.97 Å². The normalized spacial score (nSPS) is 23.6. The van der Waals surface area contributed by atoms with Crippen LogP contribution < -0.4 is 0 Å². The molecule has 0 radical (unpaired) electrons. The first-order valence-corrected chi connectivity index (χ1v) is 13.4. The minimum absolute atomic E-state index is 0.280. The van der Waals surface area contributed by atoms with Crippen molar-refractivity contribution in [3.8, 4) is 0 Å². The van der Waals surface area contributed by atoms with Crippen molar-refractivity contribution < 1.29 is 9.90 Å². The van der Waals surface area contributed by atoms with Crippen molar-refractivity contribution in [3.63, 3.8) is 0 Å². The molecular weight excluding hydrogens is 384 g/mol. The summed E-state index contributed by atoms with van der Waals surface area (Å²) in [7, 11) is 0. The zero-order chi connectivity index (χ0) is 19.8. The Morgan fingerprint density at radius 2 is 1.75 bits per heavy atom. The summed E-state index contributed by atoms with van der Waals surface area (Å²) in [4.78, 5) is 12.0. The average Bonchev–Trinajstić information content (AvgIpc) is 2.74. The quantitative estimate of drug-likeness (QED) is 0.412. The zero-order valence-electron chi connectivity index (χ0n) is 17.3. The number of hydrogen-bond acceptors (Lipinski definition) is 3. The predicted octanol–water partition coefficient (Wildman–Crippen LogP) is 7.89. The Morgan fingerprint density at radius 3 is 2.43 bits per heavy atom. The number of unbranched alkanes of at least 4 members (excludes halogenated alkanes) is 4. The summed E-state index contributed by atoms with van der Waals surface area (Å²) < 4.78 is 0.280. The summed E-state index contributed by atoms with van der Waals surface area (Å²) >= 11 is 3.93. The van der Waals surface area contributed by atoms with Gasteiger partial charge >= 0.3 is 5.97 Å². The molecule has 1 heterocycles. The van der Waals surface area contributed by atoms with Crippen LogP contribution in [0.4, 0.5) is 0 Å². The Kier molecular flexibility index (Phi) is 9.10. The molecule has 0 aromatic heterocycles. The van der Waals surface area contributed by atoms with E-state index in [-0.39, 0.29) is 4.58 Å². The maximum absolute atomic E-state index is 12.0. The highest BCUT2D eigenvalue weighted by Crippen LogP contribution is 2.48. The van der Waals surface area contributed by atoms with E-state index >= 15 is 0 Å². The molecule has 1 aliphatic carbocycles. The van der Waals surface area contributed by atoms with Crippen molar-refractivity contribution in [2.75, 3.05) is 11.5 Å². The number of thioether (sulfide) groups is 2. The molecule has 1 aromatic rings. The van der Waals surface area contributed by atoms with Crippen LogP contribution in [0.5, 0.6) is 0 Å². The maximum Gasteiger partial charge on any atom is 0.336 e. The molecule has 156 valence electrons. The molecule has 2 aliphatic rings. The van der Waals surface area contributed by atoms with Crippen molar-refractivity contribution in [1.82, 2.24) is 0 Å². The van der Waals surface area contributed by atoms with Crippen LogP contribution in [0.15, 0.2) is 18.2 Å². The van der Waals surface area contributed by atoms with Crippen molar-refractivity contribution in [2.24, 2.45) is 5.92 Å². The van der Waals surface area contributed by atoms with E-state index in [1.54, 1.807) is 0 Å². The van der Waals surface area contributed by atoms with Crippen molar-refractivity contribution in [1.29, 1.82) is 0 Å². The molecule has 0 amide bonds. The molecule has 3 rings (SSSR count). The van der Waals surface area contributed by atoms with Gasteiger partial charge in [-0.2, -0.15) is 0 Å². The SMILES string of the molecule is CCCCCCCC1CSC(c2ccc(C3CCCCC3)cc2C(=O)O)SC1. The second-order valence-corrected chi connectivity index (χ2v) is 11.1. The summed E-state index contributed by atoms with van der Waals surface area (Å²) in [6.45, 7) is 2.27. The van der Waals surface area contributed by atoms with Gasteiger partial charge in [0, 0.05) is 0 Å². The molecule has 0 unspecified atom stereocenters. The number of hydrogen-bond donors (Lipinski definition) is 1. The van der Waals surface area contributed by atoms with E-state index in [1.807, 2.05) is 29.6 Å². The van der Waals surface area contributed by atoms with Gasteiger partial charge in [0.2, 0.25) is 0 Å². The van der Waals surface area contributed by atoms with Crippen LogP contribution in [0.1, 0.15) is 110 Å². The molecule has 2 fully saturated rings. The Bertz CT molecular complexity index is 617.